The summed E-state index contributed by atoms with van der Waals surface area (Å²) < 4.78 is 21.1. The minimum Gasteiger partial charge on any atom is -0.454 e. The zero-order valence-corrected chi connectivity index (χ0v) is 16.3. The van der Waals surface area contributed by atoms with Crippen LogP contribution in [0.15, 0.2) is 53.3 Å². The Balaban J connectivity index is 1.77. The van der Waals surface area contributed by atoms with Gasteiger partial charge in [-0.2, -0.15) is 9.61 Å². The molecule has 0 N–H and O–H groups in total. The second kappa shape index (κ2) is 6.79. The molecule has 8 heteroatoms. The monoisotopic (exact) mass is 396 g/mol. The van der Waals surface area contributed by atoms with Crippen LogP contribution in [0.25, 0.3) is 15.5 Å². The molecule has 0 bridgehead atoms. The molecule has 4 aromatic rings. The van der Waals surface area contributed by atoms with Crippen LogP contribution in [0.1, 0.15) is 26.5 Å². The fourth-order valence-corrected chi connectivity index (χ4v) is 3.46. The molecule has 0 radical (unpaired) electrons. The predicted molar refractivity (Wildman–Crippen MR) is 106 cm³/mol. The Morgan fingerprint density at radius 2 is 1.82 bits per heavy atom. The standard InChI is InChI=1S/C20H17FN4O2S/c1-20(2,3)16-18(26)25-19(23-22-16)28-17(24-25)12-9-10-14(21)15(11-12)27-13-7-5-4-6-8-13/h4-11H,1-3H3. The number of hydrogen-bond acceptors (Lipinski definition) is 6. The zero-order valence-electron chi connectivity index (χ0n) is 15.5. The van der Waals surface area contributed by atoms with Gasteiger partial charge in [0.05, 0.1) is 0 Å². The van der Waals surface area contributed by atoms with Crippen molar-refractivity contribution in [3.8, 4) is 22.1 Å². The van der Waals surface area contributed by atoms with Gasteiger partial charge in [-0.1, -0.05) is 50.3 Å². The Labute approximate surface area is 164 Å². The van der Waals surface area contributed by atoms with Crippen LogP contribution in [0.4, 0.5) is 4.39 Å². The van der Waals surface area contributed by atoms with Crippen LogP contribution in [-0.2, 0) is 5.41 Å². The number of nitrogens with zero attached hydrogens (tertiary/aromatic N) is 4. The molecule has 28 heavy (non-hydrogen) atoms. The number of halogens is 1. The van der Waals surface area contributed by atoms with Gasteiger partial charge in [0.15, 0.2) is 11.6 Å². The second-order valence-electron chi connectivity index (χ2n) is 7.27. The van der Waals surface area contributed by atoms with Gasteiger partial charge in [0.25, 0.3) is 5.56 Å². The van der Waals surface area contributed by atoms with E-state index in [1.165, 1.54) is 21.9 Å². The zero-order chi connectivity index (χ0) is 19.9. The summed E-state index contributed by atoms with van der Waals surface area (Å²) in [5, 5.41) is 13.1. The maximum Gasteiger partial charge on any atom is 0.297 e. The molecular weight excluding hydrogens is 379 g/mol. The summed E-state index contributed by atoms with van der Waals surface area (Å²) in [6.07, 6.45) is 0. The lowest BCUT2D eigenvalue weighted by molar-refractivity contribution is 0.442. The number of para-hydroxylation sites is 1. The highest BCUT2D eigenvalue weighted by Gasteiger charge is 2.23. The number of benzene rings is 2. The molecule has 2 heterocycles. The highest BCUT2D eigenvalue weighted by Crippen LogP contribution is 2.31. The molecule has 0 atom stereocenters. The quantitative estimate of drug-likeness (QED) is 0.512. The topological polar surface area (TPSA) is 69.4 Å². The summed E-state index contributed by atoms with van der Waals surface area (Å²) in [5.74, 6) is 0.122. The fraction of sp³-hybridized carbons (Fsp3) is 0.200. The summed E-state index contributed by atoms with van der Waals surface area (Å²) in [6, 6.07) is 13.4. The van der Waals surface area contributed by atoms with Gasteiger partial charge in [-0.3, -0.25) is 4.79 Å². The predicted octanol–water partition coefficient (Wildman–Crippen LogP) is 4.44. The lowest BCUT2D eigenvalue weighted by atomic mass is 9.93. The van der Waals surface area contributed by atoms with Gasteiger partial charge in [-0.05, 0) is 30.3 Å². The van der Waals surface area contributed by atoms with Gasteiger partial charge in [0, 0.05) is 11.0 Å². The van der Waals surface area contributed by atoms with Gasteiger partial charge in [-0.25, -0.2) is 4.39 Å². The van der Waals surface area contributed by atoms with Crippen LogP contribution in [-0.4, -0.2) is 19.8 Å². The maximum atomic E-state index is 14.2. The third-order valence-electron chi connectivity index (χ3n) is 4.05. The first-order chi connectivity index (χ1) is 13.3. The van der Waals surface area contributed by atoms with E-state index in [1.54, 1.807) is 24.3 Å². The summed E-state index contributed by atoms with van der Waals surface area (Å²) in [6.45, 7) is 5.68. The highest BCUT2D eigenvalue weighted by atomic mass is 32.1. The van der Waals surface area contributed by atoms with Crippen LogP contribution in [0.2, 0.25) is 0 Å². The molecule has 0 aliphatic carbocycles. The van der Waals surface area contributed by atoms with Crippen molar-refractivity contribution >= 4 is 16.3 Å². The molecule has 0 aliphatic rings. The van der Waals surface area contributed by atoms with Crippen molar-refractivity contribution in [1.82, 2.24) is 19.8 Å². The first kappa shape index (κ1) is 18.2. The normalized spacial score (nSPS) is 11.7. The fourth-order valence-electron chi connectivity index (χ4n) is 2.63. The molecule has 4 rings (SSSR count). The van der Waals surface area contributed by atoms with Gasteiger partial charge in [0.2, 0.25) is 4.96 Å². The first-order valence-electron chi connectivity index (χ1n) is 8.63. The van der Waals surface area contributed by atoms with E-state index in [4.69, 9.17) is 4.74 Å². The lowest BCUT2D eigenvalue weighted by Gasteiger charge is -2.14. The summed E-state index contributed by atoms with van der Waals surface area (Å²) >= 11 is 1.20. The number of fused-ring (bicyclic) bond motifs is 1. The number of rotatable bonds is 3. The van der Waals surface area contributed by atoms with Gasteiger partial charge < -0.3 is 4.74 Å². The molecule has 0 spiro atoms. The highest BCUT2D eigenvalue weighted by molar-refractivity contribution is 7.19. The Hall–Kier alpha value is -3.13. The van der Waals surface area contributed by atoms with E-state index in [1.807, 2.05) is 39.0 Å². The average molecular weight is 396 g/mol. The molecule has 2 aromatic carbocycles. The first-order valence-corrected chi connectivity index (χ1v) is 9.44. The van der Waals surface area contributed by atoms with Gasteiger partial charge >= 0.3 is 0 Å². The van der Waals surface area contributed by atoms with Crippen molar-refractivity contribution in [2.45, 2.75) is 26.2 Å². The van der Waals surface area contributed by atoms with Crippen molar-refractivity contribution in [2.24, 2.45) is 0 Å². The molecule has 0 saturated heterocycles. The molecule has 142 valence electrons. The summed E-state index contributed by atoms with van der Waals surface area (Å²) in [4.78, 5) is 13.1. The lowest BCUT2D eigenvalue weighted by Crippen LogP contribution is -2.30. The minimum atomic E-state index is -0.485. The molecule has 2 aromatic heterocycles. The van der Waals surface area contributed by atoms with E-state index >= 15 is 0 Å². The molecule has 0 aliphatic heterocycles. The SMILES string of the molecule is CC(C)(C)c1nnc2sc(-c3ccc(F)c(Oc4ccccc4)c3)nn2c1=O. The van der Waals surface area contributed by atoms with Crippen molar-refractivity contribution in [3.63, 3.8) is 0 Å². The van der Waals surface area contributed by atoms with Crippen molar-refractivity contribution in [2.75, 3.05) is 0 Å². The van der Waals surface area contributed by atoms with Crippen molar-refractivity contribution in [3.05, 3.63) is 70.4 Å². The molecule has 0 amide bonds. The van der Waals surface area contributed by atoms with Crippen LogP contribution in [0, 0.1) is 5.82 Å². The van der Waals surface area contributed by atoms with Gasteiger partial charge in [-0.15, -0.1) is 10.2 Å². The smallest absolute Gasteiger partial charge is 0.297 e. The average Bonchev–Trinajstić information content (AvgIpc) is 3.09. The van der Waals surface area contributed by atoms with E-state index in [2.05, 4.69) is 15.3 Å². The molecule has 0 fully saturated rings. The van der Waals surface area contributed by atoms with Crippen molar-refractivity contribution < 1.29 is 9.13 Å². The Morgan fingerprint density at radius 1 is 1.07 bits per heavy atom. The number of ether oxygens (including phenoxy) is 1. The largest absolute Gasteiger partial charge is 0.454 e. The number of hydrogen-bond donors (Lipinski definition) is 0. The molecular formula is C20H17FN4O2S. The van der Waals surface area contributed by atoms with E-state index in [-0.39, 0.29) is 11.3 Å². The van der Waals surface area contributed by atoms with Crippen LogP contribution in [0.5, 0.6) is 11.5 Å². The Kier molecular flexibility index (Phi) is 4.43. The van der Waals surface area contributed by atoms with Gasteiger partial charge in [0.1, 0.15) is 16.5 Å². The van der Waals surface area contributed by atoms with E-state index in [0.29, 0.717) is 27.0 Å². The van der Waals surface area contributed by atoms with E-state index < -0.39 is 11.2 Å². The number of aromatic nitrogens is 4. The Bertz CT molecular complexity index is 1210. The second-order valence-corrected chi connectivity index (χ2v) is 8.22. The van der Waals surface area contributed by atoms with Crippen LogP contribution >= 0.6 is 11.3 Å². The molecule has 0 unspecified atom stereocenters. The van der Waals surface area contributed by atoms with E-state index in [9.17, 15) is 9.18 Å². The summed E-state index contributed by atoms with van der Waals surface area (Å²) in [5.41, 5.74) is 0.221. The van der Waals surface area contributed by atoms with Crippen LogP contribution in [0.3, 0.4) is 0 Å². The van der Waals surface area contributed by atoms with Crippen LogP contribution < -0.4 is 10.3 Å². The maximum absolute atomic E-state index is 14.2. The Morgan fingerprint density at radius 3 is 2.54 bits per heavy atom. The van der Waals surface area contributed by atoms with Crippen molar-refractivity contribution in [1.29, 1.82) is 0 Å². The minimum absolute atomic E-state index is 0.0803. The third-order valence-corrected chi connectivity index (χ3v) is 5.00. The van der Waals surface area contributed by atoms with E-state index in [0.717, 1.165) is 0 Å². The molecule has 6 nitrogen and oxygen atoms in total. The third kappa shape index (κ3) is 3.38. The summed E-state index contributed by atoms with van der Waals surface area (Å²) in [7, 11) is 0. The molecule has 0 saturated carbocycles.